The van der Waals surface area contributed by atoms with Crippen LogP contribution >= 0.6 is 34.5 Å². The van der Waals surface area contributed by atoms with Crippen LogP contribution in [0.4, 0.5) is 0 Å². The molecule has 1 aliphatic carbocycles. The predicted molar refractivity (Wildman–Crippen MR) is 88.9 cm³/mol. The molecule has 0 spiro atoms. The molecule has 20 heavy (non-hydrogen) atoms. The number of benzene rings is 1. The Labute approximate surface area is 133 Å². The van der Waals surface area contributed by atoms with Crippen molar-refractivity contribution in [1.29, 1.82) is 0 Å². The molecule has 4 heteroatoms. The molecule has 1 nitrogen and oxygen atoms in total. The Morgan fingerprint density at radius 3 is 2.70 bits per heavy atom. The van der Waals surface area contributed by atoms with Crippen LogP contribution in [0, 0.1) is 5.92 Å². The van der Waals surface area contributed by atoms with Crippen molar-refractivity contribution in [3.8, 4) is 10.4 Å². The van der Waals surface area contributed by atoms with Crippen LogP contribution in [-0.2, 0) is 0 Å². The highest BCUT2D eigenvalue weighted by Crippen LogP contribution is 2.45. The first kappa shape index (κ1) is 14.4. The first-order valence-corrected chi connectivity index (χ1v) is 8.55. The molecule has 0 bridgehead atoms. The van der Waals surface area contributed by atoms with Crippen molar-refractivity contribution in [2.75, 3.05) is 6.54 Å². The predicted octanol–water partition coefficient (Wildman–Crippen LogP) is 5.78. The van der Waals surface area contributed by atoms with Gasteiger partial charge in [-0.15, -0.1) is 11.3 Å². The second kappa shape index (κ2) is 6.07. The van der Waals surface area contributed by atoms with Crippen LogP contribution in [0.15, 0.2) is 30.3 Å². The highest BCUT2D eigenvalue weighted by molar-refractivity contribution is 7.15. The zero-order valence-electron chi connectivity index (χ0n) is 11.3. The molecule has 1 N–H and O–H groups in total. The van der Waals surface area contributed by atoms with Gasteiger partial charge >= 0.3 is 0 Å². The summed E-state index contributed by atoms with van der Waals surface area (Å²) < 4.78 is 0. The van der Waals surface area contributed by atoms with Gasteiger partial charge in [0.2, 0.25) is 0 Å². The van der Waals surface area contributed by atoms with Crippen LogP contribution in [0.2, 0.25) is 10.0 Å². The van der Waals surface area contributed by atoms with E-state index in [0.29, 0.717) is 11.1 Å². The van der Waals surface area contributed by atoms with Crippen LogP contribution in [0.25, 0.3) is 10.4 Å². The average Bonchev–Trinajstić information content (AvgIpc) is 3.14. The second-order valence-corrected chi connectivity index (χ2v) is 7.16. The summed E-state index contributed by atoms with van der Waals surface area (Å²) in [6.07, 6.45) is 2.68. The van der Waals surface area contributed by atoms with Crippen LogP contribution in [0.1, 0.15) is 30.7 Å². The van der Waals surface area contributed by atoms with E-state index in [2.05, 4.69) is 24.4 Å². The van der Waals surface area contributed by atoms with E-state index in [4.69, 9.17) is 23.2 Å². The van der Waals surface area contributed by atoms with Crippen molar-refractivity contribution in [1.82, 2.24) is 5.32 Å². The molecule has 0 saturated heterocycles. The molecule has 1 unspecified atom stereocenters. The fourth-order valence-corrected chi connectivity index (χ4v) is 4.29. The van der Waals surface area contributed by atoms with Crippen molar-refractivity contribution in [2.24, 2.45) is 5.92 Å². The van der Waals surface area contributed by atoms with Crippen molar-refractivity contribution < 1.29 is 0 Å². The third-order valence-corrected chi connectivity index (χ3v) is 5.40. The topological polar surface area (TPSA) is 12.0 Å². The van der Waals surface area contributed by atoms with E-state index in [1.54, 1.807) is 6.07 Å². The van der Waals surface area contributed by atoms with Crippen LogP contribution in [-0.4, -0.2) is 6.54 Å². The lowest BCUT2D eigenvalue weighted by Crippen LogP contribution is -2.21. The molecule has 0 amide bonds. The van der Waals surface area contributed by atoms with Gasteiger partial charge < -0.3 is 5.32 Å². The number of hydrogen-bond donors (Lipinski definition) is 1. The molecule has 1 heterocycles. The molecular weight excluding hydrogens is 309 g/mol. The van der Waals surface area contributed by atoms with Gasteiger partial charge in [-0.05, 0) is 49.6 Å². The molecule has 1 aliphatic rings. The summed E-state index contributed by atoms with van der Waals surface area (Å²) >= 11 is 14.1. The van der Waals surface area contributed by atoms with Gasteiger partial charge in [0.15, 0.2) is 0 Å². The van der Waals surface area contributed by atoms with Crippen molar-refractivity contribution in [2.45, 2.75) is 25.8 Å². The molecule has 1 aromatic carbocycles. The molecule has 1 aromatic heterocycles. The molecule has 106 valence electrons. The van der Waals surface area contributed by atoms with Gasteiger partial charge in [-0.1, -0.05) is 36.2 Å². The largest absolute Gasteiger partial charge is 0.309 e. The van der Waals surface area contributed by atoms with E-state index in [1.807, 2.05) is 23.5 Å². The van der Waals surface area contributed by atoms with Gasteiger partial charge in [-0.3, -0.25) is 0 Å². The maximum Gasteiger partial charge on any atom is 0.0507 e. The number of rotatable bonds is 5. The Morgan fingerprint density at radius 2 is 2.05 bits per heavy atom. The summed E-state index contributed by atoms with van der Waals surface area (Å²) in [6.45, 7) is 3.18. The van der Waals surface area contributed by atoms with Crippen molar-refractivity contribution in [3.63, 3.8) is 0 Å². The molecule has 1 fully saturated rings. The minimum atomic E-state index is 0.504. The standard InChI is InChI=1S/C16H17Cl2NS/c1-2-19-16(10-3-4-10)15-8-7-14(20-15)12-6-5-11(17)9-13(12)18/h5-10,16,19H,2-4H2,1H3. The molecule has 0 radical (unpaired) electrons. The maximum absolute atomic E-state index is 6.30. The smallest absolute Gasteiger partial charge is 0.0507 e. The van der Waals surface area contributed by atoms with E-state index >= 15 is 0 Å². The Kier molecular flexibility index (Phi) is 4.37. The lowest BCUT2D eigenvalue weighted by molar-refractivity contribution is 0.504. The van der Waals surface area contributed by atoms with Crippen LogP contribution in [0.5, 0.6) is 0 Å². The molecule has 0 aliphatic heterocycles. The van der Waals surface area contributed by atoms with Gasteiger partial charge in [0.1, 0.15) is 0 Å². The van der Waals surface area contributed by atoms with Gasteiger partial charge in [0, 0.05) is 26.4 Å². The van der Waals surface area contributed by atoms with E-state index in [0.717, 1.165) is 23.0 Å². The SMILES string of the molecule is CCNC(c1ccc(-c2ccc(Cl)cc2Cl)s1)C1CC1. The fraction of sp³-hybridized carbons (Fsp3) is 0.375. The second-order valence-electron chi connectivity index (χ2n) is 5.20. The van der Waals surface area contributed by atoms with E-state index in [9.17, 15) is 0 Å². The molecule has 3 rings (SSSR count). The average molecular weight is 326 g/mol. The molecule has 1 atom stereocenters. The van der Waals surface area contributed by atoms with E-state index < -0.39 is 0 Å². The number of hydrogen-bond acceptors (Lipinski definition) is 2. The number of nitrogens with one attached hydrogen (secondary N) is 1. The quantitative estimate of drug-likeness (QED) is 0.734. The third-order valence-electron chi connectivity index (χ3n) is 3.65. The highest BCUT2D eigenvalue weighted by Gasteiger charge is 2.32. The minimum Gasteiger partial charge on any atom is -0.309 e. The van der Waals surface area contributed by atoms with Crippen molar-refractivity contribution >= 4 is 34.5 Å². The molecular formula is C16H17Cl2NS. The number of halogens is 2. The molecule has 2 aromatic rings. The van der Waals surface area contributed by atoms with Crippen LogP contribution < -0.4 is 5.32 Å². The lowest BCUT2D eigenvalue weighted by atomic mass is 10.1. The minimum absolute atomic E-state index is 0.504. The zero-order valence-corrected chi connectivity index (χ0v) is 13.7. The Morgan fingerprint density at radius 1 is 1.25 bits per heavy atom. The summed E-state index contributed by atoms with van der Waals surface area (Å²) in [4.78, 5) is 2.63. The Bertz CT molecular complexity index is 604. The summed E-state index contributed by atoms with van der Waals surface area (Å²) in [5, 5.41) is 5.01. The summed E-state index contributed by atoms with van der Waals surface area (Å²) in [6, 6.07) is 10.6. The van der Waals surface area contributed by atoms with Gasteiger partial charge in [0.25, 0.3) is 0 Å². The first-order valence-electron chi connectivity index (χ1n) is 6.97. The lowest BCUT2D eigenvalue weighted by Gasteiger charge is -2.15. The summed E-state index contributed by atoms with van der Waals surface area (Å²) in [5.41, 5.74) is 1.07. The summed E-state index contributed by atoms with van der Waals surface area (Å²) in [5.74, 6) is 0.808. The first-order chi connectivity index (χ1) is 9.69. The summed E-state index contributed by atoms with van der Waals surface area (Å²) in [7, 11) is 0. The van der Waals surface area contributed by atoms with Gasteiger partial charge in [0.05, 0.1) is 5.02 Å². The van der Waals surface area contributed by atoms with Gasteiger partial charge in [-0.2, -0.15) is 0 Å². The van der Waals surface area contributed by atoms with E-state index in [-0.39, 0.29) is 0 Å². The molecule has 1 saturated carbocycles. The third kappa shape index (κ3) is 3.04. The zero-order chi connectivity index (χ0) is 14.1. The van der Waals surface area contributed by atoms with Crippen molar-refractivity contribution in [3.05, 3.63) is 45.3 Å². The monoisotopic (exact) mass is 325 g/mol. The fourth-order valence-electron chi connectivity index (χ4n) is 2.50. The van der Waals surface area contributed by atoms with E-state index in [1.165, 1.54) is 22.6 Å². The Hall–Kier alpha value is -0.540. The number of thiophene rings is 1. The maximum atomic E-state index is 6.30. The highest BCUT2D eigenvalue weighted by atomic mass is 35.5. The van der Waals surface area contributed by atoms with Crippen LogP contribution in [0.3, 0.4) is 0 Å². The normalized spacial score (nSPS) is 16.4. The Balaban J connectivity index is 1.89. The van der Waals surface area contributed by atoms with Gasteiger partial charge in [-0.25, -0.2) is 0 Å².